The summed E-state index contributed by atoms with van der Waals surface area (Å²) in [6.45, 7) is 1.68. The number of nitrogens with one attached hydrogen (secondary N) is 2. The number of hydrogen-bond acceptors (Lipinski definition) is 8. The molecule has 0 unspecified atom stereocenters. The van der Waals surface area contributed by atoms with E-state index in [0.29, 0.717) is 45.6 Å². The van der Waals surface area contributed by atoms with E-state index in [1.165, 1.54) is 0 Å². The van der Waals surface area contributed by atoms with Crippen LogP contribution in [0.5, 0.6) is 0 Å². The van der Waals surface area contributed by atoms with Gasteiger partial charge in [0.05, 0.1) is 19.8 Å². The second kappa shape index (κ2) is 25.7. The minimum Gasteiger partial charge on any atom is -0.481 e. The molecule has 226 valence electrons. The van der Waals surface area contributed by atoms with Gasteiger partial charge in [-0.25, -0.2) is 4.79 Å². The number of ether oxygens (including phenoxy) is 3. The van der Waals surface area contributed by atoms with Crippen LogP contribution in [-0.2, 0) is 38.2 Å². The van der Waals surface area contributed by atoms with Crippen molar-refractivity contribution >= 4 is 29.5 Å². The van der Waals surface area contributed by atoms with E-state index in [2.05, 4.69) is 10.6 Å². The number of carboxylic acid groups (broad SMARTS) is 2. The summed E-state index contributed by atoms with van der Waals surface area (Å²) >= 11 is 0. The Labute approximate surface area is 231 Å². The molecule has 0 aliphatic heterocycles. The lowest BCUT2D eigenvalue weighted by molar-refractivity contribution is -0.142. The van der Waals surface area contributed by atoms with E-state index in [1.807, 2.05) is 0 Å². The number of ketones is 1. The molecular formula is C27H48N2O10. The Morgan fingerprint density at radius 1 is 0.667 bits per heavy atom. The molecule has 39 heavy (non-hydrogen) atoms. The van der Waals surface area contributed by atoms with Crippen molar-refractivity contribution in [1.29, 1.82) is 0 Å². The maximum atomic E-state index is 12.1. The van der Waals surface area contributed by atoms with Crippen LogP contribution in [-0.4, -0.2) is 92.5 Å². The molecule has 0 aliphatic rings. The predicted molar refractivity (Wildman–Crippen MR) is 143 cm³/mol. The highest BCUT2D eigenvalue weighted by molar-refractivity contribution is 5.84. The molecular weight excluding hydrogens is 512 g/mol. The van der Waals surface area contributed by atoms with E-state index in [-0.39, 0.29) is 62.9 Å². The summed E-state index contributed by atoms with van der Waals surface area (Å²) in [7, 11) is 1.55. The molecule has 4 N–H and O–H groups in total. The van der Waals surface area contributed by atoms with E-state index in [0.717, 1.165) is 38.5 Å². The normalized spacial score (nSPS) is 11.6. The van der Waals surface area contributed by atoms with Crippen LogP contribution in [0.15, 0.2) is 0 Å². The number of amides is 2. The summed E-state index contributed by atoms with van der Waals surface area (Å²) in [5, 5.41) is 23.1. The zero-order valence-corrected chi connectivity index (χ0v) is 23.4. The average molecular weight is 561 g/mol. The Kier molecular flexibility index (Phi) is 24.0. The Morgan fingerprint density at radius 2 is 1.28 bits per heavy atom. The second-order valence-corrected chi connectivity index (χ2v) is 9.37. The number of unbranched alkanes of at least 4 members (excludes halogenated alkanes) is 7. The molecule has 12 nitrogen and oxygen atoms in total. The maximum Gasteiger partial charge on any atom is 0.326 e. The van der Waals surface area contributed by atoms with Gasteiger partial charge < -0.3 is 35.1 Å². The fraction of sp³-hybridized carbons (Fsp3) is 0.815. The van der Waals surface area contributed by atoms with Crippen molar-refractivity contribution in [3.05, 3.63) is 0 Å². The first-order valence-electron chi connectivity index (χ1n) is 13.9. The molecule has 0 fully saturated rings. The van der Waals surface area contributed by atoms with Crippen molar-refractivity contribution in [2.45, 2.75) is 95.9 Å². The van der Waals surface area contributed by atoms with Crippen LogP contribution in [0.3, 0.4) is 0 Å². The molecule has 0 aliphatic carbocycles. The van der Waals surface area contributed by atoms with Crippen LogP contribution in [0.25, 0.3) is 0 Å². The summed E-state index contributed by atoms with van der Waals surface area (Å²) in [6.07, 6.45) is 8.52. The summed E-state index contributed by atoms with van der Waals surface area (Å²) in [6, 6.07) is -1.09. The molecule has 0 spiro atoms. The molecule has 2 amide bonds. The molecule has 0 saturated heterocycles. The quantitative estimate of drug-likeness (QED) is 0.104. The Balaban J connectivity index is 3.77. The topological polar surface area (TPSA) is 178 Å². The molecule has 1 atom stereocenters. The van der Waals surface area contributed by atoms with Crippen molar-refractivity contribution in [1.82, 2.24) is 10.6 Å². The summed E-state index contributed by atoms with van der Waals surface area (Å²) in [4.78, 5) is 57.6. The van der Waals surface area contributed by atoms with Crippen molar-refractivity contribution in [2.75, 3.05) is 46.7 Å². The fourth-order valence-corrected chi connectivity index (χ4v) is 3.68. The molecule has 0 aromatic heterocycles. The van der Waals surface area contributed by atoms with Crippen molar-refractivity contribution in [3.8, 4) is 0 Å². The number of Topliss-reactive ketones (excluding diaryl/α,β-unsaturated/α-hetero) is 1. The molecule has 0 bridgehead atoms. The number of carboxylic acids is 2. The van der Waals surface area contributed by atoms with Crippen molar-refractivity contribution in [3.63, 3.8) is 0 Å². The second-order valence-electron chi connectivity index (χ2n) is 9.37. The summed E-state index contributed by atoms with van der Waals surface area (Å²) in [5.74, 6) is -2.57. The van der Waals surface area contributed by atoms with Crippen LogP contribution >= 0.6 is 0 Å². The standard InChI is InChI=1S/C27H48N2O10/c1-37-18-16-28-25(32)21-39-20-19-38-17-10-11-22(30)14-15-23(27(35)36)29-24(31)12-8-6-4-2-3-5-7-9-13-26(33)34/h23H,2-21H2,1H3,(H,28,32)(H,29,31)(H,33,34)(H,35,36)/t23-/m0/s1. The van der Waals surface area contributed by atoms with E-state index in [1.54, 1.807) is 7.11 Å². The number of rotatable bonds is 28. The van der Waals surface area contributed by atoms with Crippen molar-refractivity contribution in [2.24, 2.45) is 0 Å². The van der Waals surface area contributed by atoms with Gasteiger partial charge >= 0.3 is 11.9 Å². The molecule has 0 saturated carbocycles. The third kappa shape index (κ3) is 25.5. The largest absolute Gasteiger partial charge is 0.481 e. The molecule has 0 rings (SSSR count). The zero-order chi connectivity index (χ0) is 29.1. The van der Waals surface area contributed by atoms with Gasteiger partial charge in [-0.2, -0.15) is 0 Å². The van der Waals surface area contributed by atoms with Gasteiger partial charge in [-0.1, -0.05) is 38.5 Å². The molecule has 0 aromatic rings. The first kappa shape index (κ1) is 36.4. The number of aliphatic carboxylic acids is 2. The molecule has 12 heteroatoms. The molecule has 0 radical (unpaired) electrons. The predicted octanol–water partition coefficient (Wildman–Crippen LogP) is 2.47. The Hall–Kier alpha value is -2.57. The maximum absolute atomic E-state index is 12.1. The van der Waals surface area contributed by atoms with Crippen molar-refractivity contribution < 1.29 is 48.4 Å². The van der Waals surface area contributed by atoms with Gasteiger partial charge in [0.1, 0.15) is 18.4 Å². The zero-order valence-electron chi connectivity index (χ0n) is 23.4. The monoisotopic (exact) mass is 560 g/mol. The van der Waals surface area contributed by atoms with Gasteiger partial charge in [-0.3, -0.25) is 19.2 Å². The van der Waals surface area contributed by atoms with Crippen LogP contribution in [0.1, 0.15) is 89.9 Å². The number of methoxy groups -OCH3 is 1. The third-order valence-corrected chi connectivity index (χ3v) is 5.87. The average Bonchev–Trinajstić information content (AvgIpc) is 2.88. The van der Waals surface area contributed by atoms with Gasteiger partial charge in [0.2, 0.25) is 11.8 Å². The number of carbonyl (C=O) groups is 5. The molecule has 0 aromatic carbocycles. The Morgan fingerprint density at radius 3 is 1.90 bits per heavy atom. The summed E-state index contributed by atoms with van der Waals surface area (Å²) < 4.78 is 15.4. The van der Waals surface area contributed by atoms with Gasteiger partial charge in [0.25, 0.3) is 0 Å². The van der Waals surface area contributed by atoms with Crippen LogP contribution in [0.2, 0.25) is 0 Å². The highest BCUT2D eigenvalue weighted by Gasteiger charge is 2.20. The van der Waals surface area contributed by atoms with E-state index >= 15 is 0 Å². The van der Waals surface area contributed by atoms with Gasteiger partial charge in [-0.15, -0.1) is 0 Å². The highest BCUT2D eigenvalue weighted by atomic mass is 16.5. The van der Waals surface area contributed by atoms with Gasteiger partial charge in [-0.05, 0) is 25.7 Å². The van der Waals surface area contributed by atoms with E-state index < -0.39 is 18.0 Å². The van der Waals surface area contributed by atoms with Gasteiger partial charge in [0, 0.05) is 45.9 Å². The smallest absolute Gasteiger partial charge is 0.326 e. The Bertz CT molecular complexity index is 702. The lowest BCUT2D eigenvalue weighted by Crippen LogP contribution is -2.41. The fourth-order valence-electron chi connectivity index (χ4n) is 3.68. The van der Waals surface area contributed by atoms with E-state index in [9.17, 15) is 29.1 Å². The SMILES string of the molecule is COCCNC(=O)COCCOCCCC(=O)CC[C@H](NC(=O)CCCCCCCCCCC(=O)O)C(=O)O. The first-order chi connectivity index (χ1) is 18.8. The van der Waals surface area contributed by atoms with Crippen LogP contribution in [0, 0.1) is 0 Å². The minimum atomic E-state index is -1.16. The van der Waals surface area contributed by atoms with E-state index in [4.69, 9.17) is 19.3 Å². The number of carbonyl (C=O) groups excluding carboxylic acids is 3. The third-order valence-electron chi connectivity index (χ3n) is 5.87. The lowest BCUT2D eigenvalue weighted by atomic mass is 10.0. The first-order valence-corrected chi connectivity index (χ1v) is 13.9. The lowest BCUT2D eigenvalue weighted by Gasteiger charge is -2.14. The summed E-state index contributed by atoms with van der Waals surface area (Å²) in [5.41, 5.74) is 0. The minimum absolute atomic E-state index is 0.0446. The number of hydrogen-bond donors (Lipinski definition) is 4. The van der Waals surface area contributed by atoms with Crippen LogP contribution < -0.4 is 10.6 Å². The van der Waals surface area contributed by atoms with Gasteiger partial charge in [0.15, 0.2) is 0 Å². The highest BCUT2D eigenvalue weighted by Crippen LogP contribution is 2.11. The molecule has 0 heterocycles. The van der Waals surface area contributed by atoms with Crippen LogP contribution in [0.4, 0.5) is 0 Å².